The lowest BCUT2D eigenvalue weighted by molar-refractivity contribution is 0.431. The molecule has 2 rings (SSSR count). The van der Waals surface area contributed by atoms with E-state index in [9.17, 15) is 14.7 Å². The summed E-state index contributed by atoms with van der Waals surface area (Å²) in [5, 5.41) is 9.94. The van der Waals surface area contributed by atoms with Crippen LogP contribution in [0.1, 0.15) is 0 Å². The molecule has 82 valence electrons. The minimum Gasteiger partial charge on any atom is -0.494 e. The first-order chi connectivity index (χ1) is 7.58. The molecule has 1 aromatic heterocycles. The molecule has 0 aliphatic heterocycles. The van der Waals surface area contributed by atoms with Crippen molar-refractivity contribution in [3.05, 3.63) is 56.2 Å². The largest absolute Gasteiger partial charge is 0.494 e. The van der Waals surface area contributed by atoms with Crippen LogP contribution in [-0.2, 0) is 0 Å². The summed E-state index contributed by atoms with van der Waals surface area (Å²) in [4.78, 5) is 24.4. The Kier molecular flexibility index (Phi) is 2.54. The molecule has 0 atom stereocenters. The van der Waals surface area contributed by atoms with Gasteiger partial charge < -0.3 is 5.11 Å². The van der Waals surface area contributed by atoms with Crippen molar-refractivity contribution < 1.29 is 5.11 Å². The van der Waals surface area contributed by atoms with Crippen LogP contribution in [0.4, 0.5) is 0 Å². The molecule has 0 saturated carbocycles. The number of aromatic amines is 1. The van der Waals surface area contributed by atoms with E-state index in [1.54, 1.807) is 18.2 Å². The van der Waals surface area contributed by atoms with Crippen molar-refractivity contribution in [2.24, 2.45) is 0 Å². The average molecular weight is 239 g/mol. The van der Waals surface area contributed by atoms with Crippen molar-refractivity contribution in [2.75, 3.05) is 0 Å². The molecule has 2 aromatic rings. The van der Waals surface area contributed by atoms with Gasteiger partial charge in [0.25, 0.3) is 5.56 Å². The predicted molar refractivity (Wildman–Crippen MR) is 59.3 cm³/mol. The van der Waals surface area contributed by atoms with Crippen LogP contribution in [0.15, 0.2) is 39.9 Å². The predicted octanol–water partition coefficient (Wildman–Crippen LogP) is 0.885. The molecule has 1 aromatic carbocycles. The molecular formula is C10H7ClN2O3. The molecule has 0 bridgehead atoms. The zero-order chi connectivity index (χ0) is 11.7. The normalized spacial score (nSPS) is 10.3. The van der Waals surface area contributed by atoms with Gasteiger partial charge in [-0.2, -0.15) is 0 Å². The minimum atomic E-state index is -0.715. The molecule has 1 heterocycles. The van der Waals surface area contributed by atoms with Crippen molar-refractivity contribution >= 4 is 11.6 Å². The fourth-order valence-electron chi connectivity index (χ4n) is 1.35. The maximum absolute atomic E-state index is 11.5. The smallest absolute Gasteiger partial charge is 0.335 e. The second-order valence-electron chi connectivity index (χ2n) is 3.11. The summed E-state index contributed by atoms with van der Waals surface area (Å²) in [7, 11) is 0. The Hall–Kier alpha value is -2.01. The molecule has 5 nitrogen and oxygen atoms in total. The molecule has 6 heteroatoms. The molecule has 2 N–H and O–H groups in total. The quantitative estimate of drug-likeness (QED) is 0.775. The standard InChI is InChI=1S/C10H7ClN2O3/c11-6-2-1-3-7(4-6)13-9(15)5-8(14)12-10(13)16/h1-5,15H,(H,12,14,16). The van der Waals surface area contributed by atoms with E-state index in [4.69, 9.17) is 11.6 Å². The Balaban J connectivity index is 2.74. The van der Waals surface area contributed by atoms with Gasteiger partial charge in [0.05, 0.1) is 11.8 Å². The fraction of sp³-hybridized carbons (Fsp3) is 0. The number of H-pyrrole nitrogens is 1. The number of nitrogens with one attached hydrogen (secondary N) is 1. The van der Waals surface area contributed by atoms with E-state index in [-0.39, 0.29) is 0 Å². The van der Waals surface area contributed by atoms with Crippen LogP contribution in [0.25, 0.3) is 5.69 Å². The SMILES string of the molecule is O=c1cc(O)n(-c2cccc(Cl)c2)c(=O)[nH]1. The summed E-state index contributed by atoms with van der Waals surface area (Å²) < 4.78 is 0.952. The minimum absolute atomic E-state index is 0.381. The van der Waals surface area contributed by atoms with Crippen molar-refractivity contribution in [3.63, 3.8) is 0 Å². The third-order valence-corrected chi connectivity index (χ3v) is 2.22. The van der Waals surface area contributed by atoms with Crippen LogP contribution < -0.4 is 11.2 Å². The monoisotopic (exact) mass is 238 g/mol. The molecule has 0 aliphatic rings. The highest BCUT2D eigenvalue weighted by atomic mass is 35.5. The van der Waals surface area contributed by atoms with Gasteiger partial charge in [0.1, 0.15) is 0 Å². The molecule has 0 unspecified atom stereocenters. The molecule has 0 amide bonds. The maximum atomic E-state index is 11.5. The van der Waals surface area contributed by atoms with E-state index in [0.29, 0.717) is 10.7 Å². The summed E-state index contributed by atoms with van der Waals surface area (Å²) in [5.41, 5.74) is -0.987. The second kappa shape index (κ2) is 3.86. The molecule has 0 fully saturated rings. The number of aromatic hydroxyl groups is 1. The Morgan fingerprint density at radius 1 is 1.25 bits per heavy atom. The van der Waals surface area contributed by atoms with Gasteiger partial charge in [0.15, 0.2) is 0 Å². The van der Waals surface area contributed by atoms with E-state index in [1.165, 1.54) is 6.07 Å². The Morgan fingerprint density at radius 3 is 2.62 bits per heavy atom. The van der Waals surface area contributed by atoms with Gasteiger partial charge in [0.2, 0.25) is 5.88 Å². The third-order valence-electron chi connectivity index (χ3n) is 1.99. The Labute approximate surface area is 94.6 Å². The summed E-state index contributed by atoms with van der Waals surface area (Å²) in [5.74, 6) is -0.434. The number of nitrogens with zero attached hydrogens (tertiary/aromatic N) is 1. The van der Waals surface area contributed by atoms with Gasteiger partial charge in [-0.05, 0) is 18.2 Å². The fourth-order valence-corrected chi connectivity index (χ4v) is 1.53. The number of benzene rings is 1. The van der Waals surface area contributed by atoms with Crippen LogP contribution in [-0.4, -0.2) is 14.7 Å². The summed E-state index contributed by atoms with van der Waals surface area (Å²) >= 11 is 5.76. The summed E-state index contributed by atoms with van der Waals surface area (Å²) in [6, 6.07) is 7.28. The zero-order valence-corrected chi connectivity index (χ0v) is 8.73. The molecule has 0 radical (unpaired) electrons. The molecule has 0 spiro atoms. The van der Waals surface area contributed by atoms with Crippen molar-refractivity contribution in [1.29, 1.82) is 0 Å². The number of aromatic nitrogens is 2. The lowest BCUT2D eigenvalue weighted by Gasteiger charge is -2.06. The lowest BCUT2D eigenvalue weighted by atomic mass is 10.3. The Morgan fingerprint density at radius 2 is 2.00 bits per heavy atom. The van der Waals surface area contributed by atoms with Gasteiger partial charge in [-0.25, -0.2) is 9.36 Å². The molecular weight excluding hydrogens is 232 g/mol. The van der Waals surface area contributed by atoms with Crippen LogP contribution in [0, 0.1) is 0 Å². The number of hydrogen-bond acceptors (Lipinski definition) is 3. The summed E-state index contributed by atoms with van der Waals surface area (Å²) in [6.45, 7) is 0. The van der Waals surface area contributed by atoms with Gasteiger partial charge in [-0.3, -0.25) is 9.78 Å². The third kappa shape index (κ3) is 1.85. The van der Waals surface area contributed by atoms with Gasteiger partial charge >= 0.3 is 5.69 Å². The first-order valence-electron chi connectivity index (χ1n) is 4.39. The highest BCUT2D eigenvalue weighted by molar-refractivity contribution is 6.30. The number of rotatable bonds is 1. The van der Waals surface area contributed by atoms with Gasteiger partial charge in [-0.15, -0.1) is 0 Å². The van der Waals surface area contributed by atoms with E-state index < -0.39 is 17.1 Å². The first-order valence-corrected chi connectivity index (χ1v) is 4.77. The van der Waals surface area contributed by atoms with E-state index >= 15 is 0 Å². The lowest BCUT2D eigenvalue weighted by Crippen LogP contribution is -2.27. The van der Waals surface area contributed by atoms with E-state index in [0.717, 1.165) is 10.6 Å². The van der Waals surface area contributed by atoms with Crippen molar-refractivity contribution in [2.45, 2.75) is 0 Å². The highest BCUT2D eigenvalue weighted by Gasteiger charge is 2.06. The van der Waals surface area contributed by atoms with Crippen LogP contribution in [0.2, 0.25) is 5.02 Å². The van der Waals surface area contributed by atoms with Gasteiger partial charge in [-0.1, -0.05) is 17.7 Å². The van der Waals surface area contributed by atoms with Crippen molar-refractivity contribution in [1.82, 2.24) is 9.55 Å². The Bertz CT molecular complexity index is 645. The molecule has 16 heavy (non-hydrogen) atoms. The van der Waals surface area contributed by atoms with Crippen LogP contribution in [0.3, 0.4) is 0 Å². The number of hydrogen-bond donors (Lipinski definition) is 2. The topological polar surface area (TPSA) is 75.1 Å². The number of halogens is 1. The van der Waals surface area contributed by atoms with Crippen LogP contribution >= 0.6 is 11.6 Å². The average Bonchev–Trinajstić information content (AvgIpc) is 2.15. The molecule has 0 saturated heterocycles. The summed E-state index contributed by atoms with van der Waals surface area (Å²) in [6.07, 6.45) is 0. The maximum Gasteiger partial charge on any atom is 0.335 e. The molecule has 0 aliphatic carbocycles. The second-order valence-corrected chi connectivity index (χ2v) is 3.55. The van der Waals surface area contributed by atoms with Crippen LogP contribution in [0.5, 0.6) is 5.88 Å². The van der Waals surface area contributed by atoms with E-state index in [2.05, 4.69) is 0 Å². The first kappa shape index (κ1) is 10.5. The van der Waals surface area contributed by atoms with Gasteiger partial charge in [0, 0.05) is 5.02 Å². The zero-order valence-electron chi connectivity index (χ0n) is 7.98. The highest BCUT2D eigenvalue weighted by Crippen LogP contribution is 2.16. The van der Waals surface area contributed by atoms with E-state index in [1.807, 2.05) is 4.98 Å². The van der Waals surface area contributed by atoms with Crippen molar-refractivity contribution in [3.8, 4) is 11.6 Å².